The Labute approximate surface area is 189 Å². The van der Waals surface area contributed by atoms with Crippen molar-refractivity contribution in [1.29, 1.82) is 0 Å². The summed E-state index contributed by atoms with van der Waals surface area (Å²) >= 11 is 5.98. The van der Waals surface area contributed by atoms with Crippen molar-refractivity contribution in [2.45, 2.75) is 25.8 Å². The number of halogens is 7. The highest BCUT2D eigenvalue weighted by Crippen LogP contribution is 2.37. The fourth-order valence-electron chi connectivity index (χ4n) is 3.25. The lowest BCUT2D eigenvalue weighted by Gasteiger charge is -2.21. The molecule has 1 aromatic carbocycles. The van der Waals surface area contributed by atoms with Crippen LogP contribution in [-0.2, 0) is 18.9 Å². The first kappa shape index (κ1) is 24.5. The molecule has 2 aromatic heterocycles. The molecule has 0 spiro atoms. The first-order valence-corrected chi connectivity index (χ1v) is 9.76. The standard InChI is InChI=1S/C22H16ClF6N3O/c1-12-16(4-3-5-30-12)17-9-19(23)31-10-18(17)20(33)32(2)11-13-6-14(21(24,25)26)8-15(7-13)22(27,28)29/h3-10H,11H2,1-2H3. The Kier molecular flexibility index (Phi) is 6.69. The topological polar surface area (TPSA) is 46.1 Å². The van der Waals surface area contributed by atoms with Crippen LogP contribution < -0.4 is 0 Å². The molecule has 0 atom stereocenters. The van der Waals surface area contributed by atoms with E-state index in [9.17, 15) is 31.1 Å². The van der Waals surface area contributed by atoms with Gasteiger partial charge in [-0.3, -0.25) is 9.78 Å². The molecule has 33 heavy (non-hydrogen) atoms. The van der Waals surface area contributed by atoms with E-state index in [1.807, 2.05) is 0 Å². The van der Waals surface area contributed by atoms with E-state index in [0.29, 0.717) is 29.0 Å². The lowest BCUT2D eigenvalue weighted by molar-refractivity contribution is -0.143. The molecule has 0 N–H and O–H groups in total. The van der Waals surface area contributed by atoms with Gasteiger partial charge in [-0.05, 0) is 42.8 Å². The monoisotopic (exact) mass is 487 g/mol. The van der Waals surface area contributed by atoms with Gasteiger partial charge in [0, 0.05) is 42.8 Å². The zero-order valence-corrected chi connectivity index (χ0v) is 18.0. The molecule has 3 rings (SSSR count). The Balaban J connectivity index is 1.99. The smallest absolute Gasteiger partial charge is 0.337 e. The van der Waals surface area contributed by atoms with Crippen molar-refractivity contribution in [3.05, 3.63) is 81.9 Å². The van der Waals surface area contributed by atoms with Gasteiger partial charge in [0.15, 0.2) is 0 Å². The number of hydrogen-bond acceptors (Lipinski definition) is 3. The van der Waals surface area contributed by atoms with E-state index in [-0.39, 0.29) is 22.3 Å². The maximum absolute atomic E-state index is 13.1. The van der Waals surface area contributed by atoms with E-state index < -0.39 is 35.9 Å². The zero-order valence-electron chi connectivity index (χ0n) is 17.2. The van der Waals surface area contributed by atoms with Gasteiger partial charge in [0.05, 0.1) is 16.7 Å². The van der Waals surface area contributed by atoms with E-state index in [1.54, 1.807) is 25.3 Å². The zero-order chi connectivity index (χ0) is 24.6. The molecule has 0 bridgehead atoms. The number of alkyl halides is 6. The SMILES string of the molecule is Cc1ncccc1-c1cc(Cl)ncc1C(=O)N(C)Cc1cc(C(F)(F)F)cc(C(F)(F)F)c1. The summed E-state index contributed by atoms with van der Waals surface area (Å²) in [5.41, 5.74) is -1.60. The van der Waals surface area contributed by atoms with Crippen LogP contribution in [0.2, 0.25) is 5.15 Å². The Morgan fingerprint density at radius 2 is 1.58 bits per heavy atom. The maximum Gasteiger partial charge on any atom is 0.416 e. The predicted octanol–water partition coefficient (Wildman–Crippen LogP) is 6.42. The molecule has 174 valence electrons. The van der Waals surface area contributed by atoms with Gasteiger partial charge in [-0.1, -0.05) is 17.7 Å². The second-order valence-electron chi connectivity index (χ2n) is 7.26. The van der Waals surface area contributed by atoms with Gasteiger partial charge in [-0.15, -0.1) is 0 Å². The Bertz CT molecular complexity index is 1160. The summed E-state index contributed by atoms with van der Waals surface area (Å²) in [6, 6.07) is 6.01. The summed E-state index contributed by atoms with van der Waals surface area (Å²) in [5.74, 6) is -0.664. The maximum atomic E-state index is 13.1. The molecule has 3 aromatic rings. The molecule has 1 amide bonds. The van der Waals surface area contributed by atoms with E-state index in [1.165, 1.54) is 19.3 Å². The quantitative estimate of drug-likeness (QED) is 0.315. The van der Waals surface area contributed by atoms with Gasteiger partial charge >= 0.3 is 12.4 Å². The van der Waals surface area contributed by atoms with Crippen molar-refractivity contribution < 1.29 is 31.1 Å². The molecule has 0 aliphatic carbocycles. The van der Waals surface area contributed by atoms with Crippen molar-refractivity contribution in [2.24, 2.45) is 0 Å². The average molecular weight is 488 g/mol. The van der Waals surface area contributed by atoms with Crippen LogP contribution in [0.1, 0.15) is 32.7 Å². The second-order valence-corrected chi connectivity index (χ2v) is 7.65. The van der Waals surface area contributed by atoms with Crippen molar-refractivity contribution in [3.8, 4) is 11.1 Å². The summed E-state index contributed by atoms with van der Waals surface area (Å²) < 4.78 is 78.8. The van der Waals surface area contributed by atoms with Crippen molar-refractivity contribution >= 4 is 17.5 Å². The molecule has 0 unspecified atom stereocenters. The van der Waals surface area contributed by atoms with Crippen LogP contribution in [0.25, 0.3) is 11.1 Å². The van der Waals surface area contributed by atoms with E-state index >= 15 is 0 Å². The van der Waals surface area contributed by atoms with Crippen LogP contribution in [0.3, 0.4) is 0 Å². The van der Waals surface area contributed by atoms with Crippen LogP contribution in [-0.4, -0.2) is 27.8 Å². The van der Waals surface area contributed by atoms with Gasteiger partial charge in [-0.2, -0.15) is 26.3 Å². The number of nitrogens with zero attached hydrogens (tertiary/aromatic N) is 3. The molecule has 0 radical (unpaired) electrons. The average Bonchev–Trinajstić information content (AvgIpc) is 2.72. The largest absolute Gasteiger partial charge is 0.416 e. The number of pyridine rings is 2. The summed E-state index contributed by atoms with van der Waals surface area (Å²) in [6.45, 7) is 1.21. The fraction of sp³-hybridized carbons (Fsp3) is 0.227. The lowest BCUT2D eigenvalue weighted by atomic mass is 9.99. The predicted molar refractivity (Wildman–Crippen MR) is 109 cm³/mol. The van der Waals surface area contributed by atoms with Gasteiger partial charge in [-0.25, -0.2) is 4.98 Å². The minimum Gasteiger partial charge on any atom is -0.337 e. The number of carbonyl (C=O) groups is 1. The van der Waals surface area contributed by atoms with Crippen LogP contribution in [0, 0.1) is 6.92 Å². The first-order valence-electron chi connectivity index (χ1n) is 9.38. The number of carbonyl (C=O) groups excluding carboxylic acids is 1. The molecular formula is C22H16ClF6N3O. The molecule has 0 saturated heterocycles. The van der Waals surface area contributed by atoms with Gasteiger partial charge in [0.2, 0.25) is 0 Å². The first-order chi connectivity index (χ1) is 15.3. The highest BCUT2D eigenvalue weighted by atomic mass is 35.5. The highest BCUT2D eigenvalue weighted by molar-refractivity contribution is 6.29. The minimum absolute atomic E-state index is 0.0394. The van der Waals surface area contributed by atoms with Gasteiger partial charge in [0.1, 0.15) is 5.15 Å². The van der Waals surface area contributed by atoms with Crippen molar-refractivity contribution in [3.63, 3.8) is 0 Å². The number of benzene rings is 1. The summed E-state index contributed by atoms with van der Waals surface area (Å²) in [7, 11) is 1.27. The Hall–Kier alpha value is -3.14. The normalized spacial score (nSPS) is 12.0. The number of rotatable bonds is 4. The third-order valence-corrected chi connectivity index (χ3v) is 5.02. The lowest BCUT2D eigenvalue weighted by Crippen LogP contribution is -2.27. The molecule has 0 fully saturated rings. The molecular weight excluding hydrogens is 472 g/mol. The number of aryl methyl sites for hydroxylation is 1. The van der Waals surface area contributed by atoms with Crippen LogP contribution >= 0.6 is 11.6 Å². The molecule has 11 heteroatoms. The minimum atomic E-state index is -4.98. The molecule has 0 saturated carbocycles. The summed E-state index contributed by atoms with van der Waals surface area (Å²) in [6.07, 6.45) is -7.20. The van der Waals surface area contributed by atoms with Crippen LogP contribution in [0.4, 0.5) is 26.3 Å². The van der Waals surface area contributed by atoms with Crippen molar-refractivity contribution in [2.75, 3.05) is 7.05 Å². The third-order valence-electron chi connectivity index (χ3n) is 4.81. The Morgan fingerprint density at radius 1 is 0.970 bits per heavy atom. The Morgan fingerprint density at radius 3 is 2.12 bits per heavy atom. The van der Waals surface area contributed by atoms with E-state index in [0.717, 1.165) is 4.90 Å². The van der Waals surface area contributed by atoms with Crippen molar-refractivity contribution in [1.82, 2.24) is 14.9 Å². The fourth-order valence-corrected chi connectivity index (χ4v) is 3.41. The number of amides is 1. The van der Waals surface area contributed by atoms with Gasteiger partial charge in [0.25, 0.3) is 5.91 Å². The van der Waals surface area contributed by atoms with Crippen LogP contribution in [0.15, 0.2) is 48.8 Å². The second kappa shape index (κ2) is 9.01. The van der Waals surface area contributed by atoms with Crippen LogP contribution in [0.5, 0.6) is 0 Å². The summed E-state index contributed by atoms with van der Waals surface area (Å²) in [4.78, 5) is 22.2. The molecule has 2 heterocycles. The molecule has 0 aliphatic heterocycles. The third kappa shape index (κ3) is 5.62. The summed E-state index contributed by atoms with van der Waals surface area (Å²) in [5, 5.41) is 0.0974. The van der Waals surface area contributed by atoms with E-state index in [2.05, 4.69) is 9.97 Å². The van der Waals surface area contributed by atoms with Gasteiger partial charge < -0.3 is 4.90 Å². The number of aromatic nitrogens is 2. The molecule has 0 aliphatic rings. The molecule has 4 nitrogen and oxygen atoms in total. The highest BCUT2D eigenvalue weighted by Gasteiger charge is 2.37. The van der Waals surface area contributed by atoms with E-state index in [4.69, 9.17) is 11.6 Å². The number of hydrogen-bond donors (Lipinski definition) is 0.